The third-order valence-corrected chi connectivity index (χ3v) is 3.23. The van der Waals surface area contributed by atoms with E-state index >= 15 is 0 Å². The van der Waals surface area contributed by atoms with Gasteiger partial charge in [0.1, 0.15) is 0 Å². The molecular formula is C13H20N2. The highest BCUT2D eigenvalue weighted by Crippen LogP contribution is 2.24. The molecule has 0 saturated carbocycles. The molecule has 1 unspecified atom stereocenters. The Morgan fingerprint density at radius 2 is 2.33 bits per heavy atom. The first-order chi connectivity index (χ1) is 7.31. The number of aryl methyl sites for hydroxylation is 1. The van der Waals surface area contributed by atoms with Crippen LogP contribution >= 0.6 is 0 Å². The van der Waals surface area contributed by atoms with E-state index in [9.17, 15) is 0 Å². The summed E-state index contributed by atoms with van der Waals surface area (Å²) in [7, 11) is 0. The minimum Gasteiger partial charge on any atom is -0.368 e. The molecule has 1 atom stereocenters. The Morgan fingerprint density at radius 3 is 3.13 bits per heavy atom. The van der Waals surface area contributed by atoms with Crippen LogP contribution in [0.4, 0.5) is 5.69 Å². The van der Waals surface area contributed by atoms with E-state index in [-0.39, 0.29) is 0 Å². The zero-order valence-electron chi connectivity index (χ0n) is 9.45. The van der Waals surface area contributed by atoms with E-state index in [0.29, 0.717) is 6.04 Å². The zero-order valence-corrected chi connectivity index (χ0v) is 9.45. The number of hydrogen-bond donors (Lipinski definition) is 1. The van der Waals surface area contributed by atoms with Crippen LogP contribution in [0.5, 0.6) is 0 Å². The van der Waals surface area contributed by atoms with Gasteiger partial charge in [-0.25, -0.2) is 0 Å². The van der Waals surface area contributed by atoms with Gasteiger partial charge in [0.15, 0.2) is 0 Å². The molecule has 0 fully saturated rings. The molecule has 0 spiro atoms. The van der Waals surface area contributed by atoms with Crippen LogP contribution in [0.15, 0.2) is 24.3 Å². The molecule has 1 heterocycles. The Bertz CT molecular complexity index is 322. The molecule has 1 aromatic carbocycles. The molecule has 2 nitrogen and oxygen atoms in total. The molecule has 2 bridgehead atoms. The standard InChI is InChI=1S/C13H20N2/c1-11-4-2-5-12-6-3-7-13(10-12)15(11)9-8-14/h3,6-7,10-11H,2,4-5,8-9,14H2,1H3. The van der Waals surface area contributed by atoms with Gasteiger partial charge in [-0.2, -0.15) is 0 Å². The van der Waals surface area contributed by atoms with Gasteiger partial charge in [-0.15, -0.1) is 0 Å². The van der Waals surface area contributed by atoms with Gasteiger partial charge < -0.3 is 10.6 Å². The molecule has 0 aliphatic carbocycles. The molecule has 2 heteroatoms. The Hall–Kier alpha value is -1.02. The molecule has 2 N–H and O–H groups in total. The summed E-state index contributed by atoms with van der Waals surface area (Å²) in [6, 6.07) is 9.50. The smallest absolute Gasteiger partial charge is 0.0371 e. The van der Waals surface area contributed by atoms with E-state index < -0.39 is 0 Å². The predicted octanol–water partition coefficient (Wildman–Crippen LogP) is 2.18. The fraction of sp³-hybridized carbons (Fsp3) is 0.538. The molecule has 2 rings (SSSR count). The summed E-state index contributed by atoms with van der Waals surface area (Å²) in [6.07, 6.45) is 3.77. The normalized spacial score (nSPS) is 20.9. The lowest BCUT2D eigenvalue weighted by Crippen LogP contribution is -2.37. The summed E-state index contributed by atoms with van der Waals surface area (Å²) < 4.78 is 0. The first-order valence-corrected chi connectivity index (χ1v) is 5.87. The maximum atomic E-state index is 5.67. The number of benzene rings is 1. The van der Waals surface area contributed by atoms with Crippen molar-refractivity contribution in [3.63, 3.8) is 0 Å². The van der Waals surface area contributed by atoms with Crippen molar-refractivity contribution in [1.82, 2.24) is 0 Å². The highest BCUT2D eigenvalue weighted by molar-refractivity contribution is 5.50. The lowest BCUT2D eigenvalue weighted by Gasteiger charge is -2.33. The molecule has 0 saturated heterocycles. The first kappa shape index (κ1) is 10.5. The summed E-state index contributed by atoms with van der Waals surface area (Å²) in [5.41, 5.74) is 8.47. The fourth-order valence-corrected chi connectivity index (χ4v) is 2.39. The number of anilines is 1. The lowest BCUT2D eigenvalue weighted by atomic mass is 10.00. The van der Waals surface area contributed by atoms with Gasteiger partial charge in [0.2, 0.25) is 0 Å². The monoisotopic (exact) mass is 204 g/mol. The maximum Gasteiger partial charge on any atom is 0.0371 e. The molecule has 0 radical (unpaired) electrons. The second kappa shape index (κ2) is 4.67. The molecule has 82 valence electrons. The van der Waals surface area contributed by atoms with E-state index in [1.807, 2.05) is 0 Å². The third kappa shape index (κ3) is 2.32. The Morgan fingerprint density at radius 1 is 1.47 bits per heavy atom. The summed E-state index contributed by atoms with van der Waals surface area (Å²) >= 11 is 0. The average Bonchev–Trinajstić information content (AvgIpc) is 2.25. The van der Waals surface area contributed by atoms with Gasteiger partial charge in [0.25, 0.3) is 0 Å². The van der Waals surface area contributed by atoms with Crippen molar-refractivity contribution in [2.45, 2.75) is 32.2 Å². The van der Waals surface area contributed by atoms with Gasteiger partial charge in [0, 0.05) is 24.8 Å². The number of fused-ring (bicyclic) bond motifs is 2. The predicted molar refractivity (Wildman–Crippen MR) is 65.2 cm³/mol. The van der Waals surface area contributed by atoms with Crippen molar-refractivity contribution in [3.8, 4) is 0 Å². The Kier molecular flexibility index (Phi) is 3.27. The van der Waals surface area contributed by atoms with E-state index in [1.54, 1.807) is 0 Å². The number of hydrogen-bond acceptors (Lipinski definition) is 2. The second-order valence-corrected chi connectivity index (χ2v) is 4.39. The topological polar surface area (TPSA) is 29.3 Å². The van der Waals surface area contributed by atoms with Crippen LogP contribution in [0.2, 0.25) is 0 Å². The highest BCUT2D eigenvalue weighted by Gasteiger charge is 2.16. The number of nitrogens with two attached hydrogens (primary N) is 1. The van der Waals surface area contributed by atoms with Crippen molar-refractivity contribution in [2.24, 2.45) is 5.73 Å². The molecular weight excluding hydrogens is 184 g/mol. The lowest BCUT2D eigenvalue weighted by molar-refractivity contribution is 0.559. The van der Waals surface area contributed by atoms with Gasteiger partial charge in [0.05, 0.1) is 0 Å². The van der Waals surface area contributed by atoms with Gasteiger partial charge >= 0.3 is 0 Å². The molecule has 1 aliphatic rings. The average molecular weight is 204 g/mol. The second-order valence-electron chi connectivity index (χ2n) is 4.39. The van der Waals surface area contributed by atoms with E-state index in [2.05, 4.69) is 36.1 Å². The van der Waals surface area contributed by atoms with Gasteiger partial charge in [-0.1, -0.05) is 12.1 Å². The molecule has 1 aromatic rings. The fourth-order valence-electron chi connectivity index (χ4n) is 2.39. The minimum atomic E-state index is 0.615. The molecule has 1 aliphatic heterocycles. The highest BCUT2D eigenvalue weighted by atomic mass is 15.2. The summed E-state index contributed by atoms with van der Waals surface area (Å²) in [6.45, 7) is 3.99. The summed E-state index contributed by atoms with van der Waals surface area (Å²) in [4.78, 5) is 2.43. The quantitative estimate of drug-likeness (QED) is 0.800. The van der Waals surface area contributed by atoms with Crippen molar-refractivity contribution in [1.29, 1.82) is 0 Å². The van der Waals surface area contributed by atoms with Crippen LogP contribution in [0.1, 0.15) is 25.3 Å². The minimum absolute atomic E-state index is 0.615. The molecule has 0 aromatic heterocycles. The van der Waals surface area contributed by atoms with E-state index in [0.717, 1.165) is 13.1 Å². The van der Waals surface area contributed by atoms with Crippen molar-refractivity contribution in [2.75, 3.05) is 18.0 Å². The zero-order chi connectivity index (χ0) is 10.7. The van der Waals surface area contributed by atoms with Crippen LogP contribution < -0.4 is 10.6 Å². The van der Waals surface area contributed by atoms with E-state index in [1.165, 1.54) is 30.5 Å². The van der Waals surface area contributed by atoms with E-state index in [4.69, 9.17) is 5.73 Å². The SMILES string of the molecule is CC1CCCc2cccc(c2)N1CCN. The van der Waals surface area contributed by atoms with Gasteiger partial charge in [-0.05, 0) is 43.9 Å². The van der Waals surface area contributed by atoms with Crippen LogP contribution in [0, 0.1) is 0 Å². The van der Waals surface area contributed by atoms with Crippen LogP contribution in [-0.2, 0) is 6.42 Å². The molecule has 0 amide bonds. The number of rotatable bonds is 2. The van der Waals surface area contributed by atoms with Crippen LogP contribution in [-0.4, -0.2) is 19.1 Å². The first-order valence-electron chi connectivity index (χ1n) is 5.87. The van der Waals surface area contributed by atoms with Crippen molar-refractivity contribution >= 4 is 5.69 Å². The van der Waals surface area contributed by atoms with Crippen LogP contribution in [0.3, 0.4) is 0 Å². The summed E-state index contributed by atoms with van der Waals surface area (Å²) in [5, 5.41) is 0. The Balaban J connectivity index is 2.30. The van der Waals surface area contributed by atoms with Crippen molar-refractivity contribution in [3.05, 3.63) is 29.8 Å². The number of nitrogens with zero attached hydrogens (tertiary/aromatic N) is 1. The van der Waals surface area contributed by atoms with Gasteiger partial charge in [-0.3, -0.25) is 0 Å². The van der Waals surface area contributed by atoms with Crippen LogP contribution in [0.25, 0.3) is 0 Å². The molecule has 15 heavy (non-hydrogen) atoms. The summed E-state index contributed by atoms with van der Waals surface area (Å²) in [5.74, 6) is 0. The van der Waals surface area contributed by atoms with Crippen molar-refractivity contribution < 1.29 is 0 Å². The largest absolute Gasteiger partial charge is 0.368 e. The Labute approximate surface area is 92.1 Å². The maximum absolute atomic E-state index is 5.67. The third-order valence-electron chi connectivity index (χ3n) is 3.23.